The number of ketones is 2. The van der Waals surface area contributed by atoms with E-state index in [9.17, 15) is 14.7 Å². The largest absolute Gasteiger partial charge is 0.379 e. The number of hydrogen-bond acceptors (Lipinski definition) is 4. The van der Waals surface area contributed by atoms with E-state index >= 15 is 0 Å². The van der Waals surface area contributed by atoms with Gasteiger partial charge in [-0.15, -0.1) is 12.4 Å². The van der Waals surface area contributed by atoms with Crippen LogP contribution in [0.25, 0.3) is 0 Å². The van der Waals surface area contributed by atoms with Crippen molar-refractivity contribution < 1.29 is 14.7 Å². The first-order valence-corrected chi connectivity index (χ1v) is 18.3. The summed E-state index contributed by atoms with van der Waals surface area (Å²) in [6.07, 6.45) is 33.1. The van der Waals surface area contributed by atoms with Gasteiger partial charge in [-0.25, -0.2) is 0 Å². The molecule has 0 aromatic carbocycles. The van der Waals surface area contributed by atoms with Gasteiger partial charge in [-0.1, -0.05) is 168 Å². The molecule has 0 aliphatic rings. The molecule has 1 unspecified atom stereocenters. The minimum absolute atomic E-state index is 0. The summed E-state index contributed by atoms with van der Waals surface area (Å²) >= 11 is 0. The van der Waals surface area contributed by atoms with Gasteiger partial charge in [0.1, 0.15) is 11.8 Å². The molecule has 252 valence electrons. The first-order chi connectivity index (χ1) is 19.8. The summed E-state index contributed by atoms with van der Waals surface area (Å²) in [6.45, 7) is 7.93. The number of aliphatic hydroxyl groups excluding tert-OH is 1. The predicted octanol–water partition coefficient (Wildman–Crippen LogP) is 11.5. The van der Waals surface area contributed by atoms with E-state index < -0.39 is 11.8 Å². The Labute approximate surface area is 269 Å². The lowest BCUT2D eigenvalue weighted by Gasteiger charge is -2.38. The molecular weight excluding hydrogens is 542 g/mol. The van der Waals surface area contributed by atoms with Gasteiger partial charge in [0.15, 0.2) is 11.6 Å². The van der Waals surface area contributed by atoms with Gasteiger partial charge in [-0.2, -0.15) is 0 Å². The third-order valence-electron chi connectivity index (χ3n) is 9.37. The molecule has 0 aromatic rings. The smallest absolute Gasteiger partial charge is 0.160 e. The molecule has 0 saturated carbocycles. The Morgan fingerprint density at radius 2 is 0.738 bits per heavy atom. The van der Waals surface area contributed by atoms with Gasteiger partial charge >= 0.3 is 0 Å². The van der Waals surface area contributed by atoms with Crippen molar-refractivity contribution in [2.24, 2.45) is 0 Å². The molecule has 0 saturated heterocycles. The van der Waals surface area contributed by atoms with Crippen LogP contribution in [0, 0.1) is 0 Å². The van der Waals surface area contributed by atoms with Crippen molar-refractivity contribution in [1.29, 1.82) is 0 Å². The summed E-state index contributed by atoms with van der Waals surface area (Å²) in [4.78, 5) is 28.2. The van der Waals surface area contributed by atoms with Crippen molar-refractivity contribution in [2.75, 3.05) is 7.05 Å². The van der Waals surface area contributed by atoms with E-state index in [1.54, 1.807) is 25.8 Å². The summed E-state index contributed by atoms with van der Waals surface area (Å²) in [7, 11) is 1.72. The molecule has 42 heavy (non-hydrogen) atoms. The zero-order valence-electron chi connectivity index (χ0n) is 29.0. The minimum atomic E-state index is -1.22. The number of aliphatic hydroxyl groups is 1. The number of nitrogens with zero attached hydrogens (tertiary/aromatic N) is 1. The van der Waals surface area contributed by atoms with Gasteiger partial charge in [0.2, 0.25) is 0 Å². The minimum Gasteiger partial charge on any atom is -0.379 e. The van der Waals surface area contributed by atoms with Crippen molar-refractivity contribution >= 4 is 24.0 Å². The number of Topliss-reactive ketones (excluding diaryl/α,β-unsaturated/α-hetero) is 2. The lowest BCUT2D eigenvalue weighted by Crippen LogP contribution is -2.59. The number of carbonyl (C=O) groups is 2. The highest BCUT2D eigenvalue weighted by Gasteiger charge is 2.44. The highest BCUT2D eigenvalue weighted by molar-refractivity contribution is 6.11. The van der Waals surface area contributed by atoms with E-state index in [0.29, 0.717) is 12.8 Å². The SMILES string of the molecule is CCCCCCCCCCCCCCCC(=O)C(C)(C(=O)CCCCCCCCCCCCCCC)N(C)C(C)O.Cl. The molecule has 0 amide bonds. The van der Waals surface area contributed by atoms with Crippen molar-refractivity contribution in [3.63, 3.8) is 0 Å². The Bertz CT molecular complexity index is 568. The van der Waals surface area contributed by atoms with Crippen molar-refractivity contribution in [3.8, 4) is 0 Å². The fraction of sp³-hybridized carbons (Fsp3) is 0.946. The molecule has 0 aliphatic carbocycles. The monoisotopic (exact) mass is 616 g/mol. The normalized spacial score (nSPS) is 12.5. The first kappa shape index (κ1) is 43.7. The van der Waals surface area contributed by atoms with Crippen molar-refractivity contribution in [1.82, 2.24) is 4.90 Å². The number of hydrogen-bond donors (Lipinski definition) is 1. The zero-order chi connectivity index (χ0) is 30.6. The Balaban J connectivity index is 0. The third-order valence-corrected chi connectivity index (χ3v) is 9.37. The maximum atomic E-state index is 13.3. The summed E-state index contributed by atoms with van der Waals surface area (Å²) in [5.41, 5.74) is -1.22. The fourth-order valence-corrected chi connectivity index (χ4v) is 6.02. The number of halogens is 1. The predicted molar refractivity (Wildman–Crippen MR) is 186 cm³/mol. The second-order valence-electron chi connectivity index (χ2n) is 13.1. The van der Waals surface area contributed by atoms with E-state index in [0.717, 1.165) is 25.7 Å². The van der Waals surface area contributed by atoms with Crippen LogP contribution < -0.4 is 0 Å². The molecule has 0 fully saturated rings. The van der Waals surface area contributed by atoms with E-state index in [1.165, 1.54) is 141 Å². The molecule has 5 heteroatoms. The number of likely N-dealkylation sites (N-methyl/N-ethyl adjacent to an activating group) is 1. The Hall–Kier alpha value is -0.450. The summed E-state index contributed by atoms with van der Waals surface area (Å²) in [6, 6.07) is 0. The molecule has 1 N–H and O–H groups in total. The fourth-order valence-electron chi connectivity index (χ4n) is 6.02. The Morgan fingerprint density at radius 1 is 0.524 bits per heavy atom. The molecule has 4 nitrogen and oxygen atoms in total. The van der Waals surface area contributed by atoms with Gasteiger partial charge in [0, 0.05) is 12.8 Å². The number of carbonyl (C=O) groups excluding carboxylic acids is 2. The van der Waals surface area contributed by atoms with Gasteiger partial charge in [-0.05, 0) is 33.7 Å². The standard InChI is InChI=1S/C37H73NO3.ClH/c1-6-8-10-12-14-16-18-20-22-24-26-28-30-32-35(40)37(4,38(5)34(3)39)36(41)33-31-29-27-25-23-21-19-17-15-13-11-9-7-2;/h34,39H,6-33H2,1-5H3;1H. The summed E-state index contributed by atoms with van der Waals surface area (Å²) in [5.74, 6) is -0.0488. The first-order valence-electron chi connectivity index (χ1n) is 18.3. The molecule has 0 aromatic heterocycles. The summed E-state index contributed by atoms with van der Waals surface area (Å²) < 4.78 is 0. The molecule has 0 radical (unpaired) electrons. The highest BCUT2D eigenvalue weighted by Crippen LogP contribution is 2.25. The molecule has 0 aliphatic heterocycles. The number of unbranched alkanes of at least 4 members (excludes halogenated alkanes) is 24. The van der Waals surface area contributed by atoms with Crippen LogP contribution in [0.15, 0.2) is 0 Å². The van der Waals surface area contributed by atoms with Crippen molar-refractivity contribution in [2.45, 2.75) is 219 Å². The van der Waals surface area contributed by atoms with E-state index in [2.05, 4.69) is 13.8 Å². The van der Waals surface area contributed by atoms with Crippen LogP contribution in [0.5, 0.6) is 0 Å². The van der Waals surface area contributed by atoms with Crippen LogP contribution >= 0.6 is 12.4 Å². The molecule has 0 bridgehead atoms. The van der Waals surface area contributed by atoms with Gasteiger partial charge < -0.3 is 5.11 Å². The molecular formula is C37H74ClNO3. The Morgan fingerprint density at radius 3 is 0.952 bits per heavy atom. The topological polar surface area (TPSA) is 57.6 Å². The van der Waals surface area contributed by atoms with Crippen LogP contribution in [-0.4, -0.2) is 40.4 Å². The molecule has 1 atom stereocenters. The lowest BCUT2D eigenvalue weighted by molar-refractivity contribution is -0.149. The average Bonchev–Trinajstić information content (AvgIpc) is 2.96. The van der Waals surface area contributed by atoms with Gasteiger partial charge in [0.25, 0.3) is 0 Å². The highest BCUT2D eigenvalue weighted by atomic mass is 35.5. The Kier molecular flexibility index (Phi) is 31.8. The zero-order valence-corrected chi connectivity index (χ0v) is 29.8. The van der Waals surface area contributed by atoms with Crippen LogP contribution in [-0.2, 0) is 9.59 Å². The van der Waals surface area contributed by atoms with E-state index in [-0.39, 0.29) is 24.0 Å². The van der Waals surface area contributed by atoms with Crippen LogP contribution in [0.2, 0.25) is 0 Å². The van der Waals surface area contributed by atoms with Crippen LogP contribution in [0.4, 0.5) is 0 Å². The summed E-state index contributed by atoms with van der Waals surface area (Å²) in [5, 5.41) is 10.2. The molecule has 0 spiro atoms. The van der Waals surface area contributed by atoms with E-state index in [4.69, 9.17) is 0 Å². The van der Waals surface area contributed by atoms with E-state index in [1.807, 2.05) is 0 Å². The second kappa shape index (κ2) is 30.6. The second-order valence-corrected chi connectivity index (χ2v) is 13.1. The lowest BCUT2D eigenvalue weighted by atomic mass is 9.84. The van der Waals surface area contributed by atoms with Gasteiger partial charge in [0.05, 0.1) is 0 Å². The third kappa shape index (κ3) is 22.1. The average molecular weight is 616 g/mol. The van der Waals surface area contributed by atoms with Crippen LogP contribution in [0.3, 0.4) is 0 Å². The molecule has 0 rings (SSSR count). The number of rotatable bonds is 32. The maximum absolute atomic E-state index is 13.3. The quantitative estimate of drug-likeness (QED) is 0.0464. The van der Waals surface area contributed by atoms with Crippen molar-refractivity contribution in [3.05, 3.63) is 0 Å². The maximum Gasteiger partial charge on any atom is 0.160 e. The van der Waals surface area contributed by atoms with Gasteiger partial charge in [-0.3, -0.25) is 14.5 Å². The van der Waals surface area contributed by atoms with Crippen LogP contribution in [0.1, 0.15) is 207 Å². The molecule has 0 heterocycles.